The maximum absolute atomic E-state index is 13.9. The second-order valence-corrected chi connectivity index (χ2v) is 7.50. The lowest BCUT2D eigenvalue weighted by Crippen LogP contribution is -2.28. The van der Waals surface area contributed by atoms with Crippen LogP contribution in [0.2, 0.25) is 0 Å². The molecule has 0 aliphatic carbocycles. The molecule has 19 heavy (non-hydrogen) atoms. The molecule has 0 spiro atoms. The van der Waals surface area contributed by atoms with E-state index < -0.39 is 6.10 Å². The monoisotopic (exact) mass is 283 g/mol. The van der Waals surface area contributed by atoms with E-state index in [4.69, 9.17) is 0 Å². The van der Waals surface area contributed by atoms with Gasteiger partial charge < -0.3 is 10.0 Å². The predicted molar refractivity (Wildman–Crippen MR) is 80.4 cm³/mol. The zero-order valence-electron chi connectivity index (χ0n) is 11.8. The smallest absolute Gasteiger partial charge is 0.131 e. The van der Waals surface area contributed by atoms with Crippen molar-refractivity contribution >= 4 is 17.4 Å². The largest absolute Gasteiger partial charge is 0.389 e. The summed E-state index contributed by atoms with van der Waals surface area (Å²) in [5.41, 5.74) is 1.26. The molecule has 0 unspecified atom stereocenters. The van der Waals surface area contributed by atoms with Gasteiger partial charge in [0.2, 0.25) is 0 Å². The van der Waals surface area contributed by atoms with Crippen molar-refractivity contribution in [2.45, 2.75) is 38.0 Å². The first-order chi connectivity index (χ1) is 8.91. The standard InChI is InChI=1S/C15H22FNOS/c1-11(18)14-12(16)5-4-6-13(14)17-8-7-15(2,3)19-10-9-17/h4-6,11,18H,7-10H2,1-3H3/t11-/m0/s1. The van der Waals surface area contributed by atoms with Crippen LogP contribution in [-0.4, -0.2) is 28.7 Å². The average molecular weight is 283 g/mol. The SMILES string of the molecule is C[C@H](O)c1c(F)cccc1N1CCSC(C)(C)CC1. The molecule has 1 saturated heterocycles. The maximum atomic E-state index is 13.9. The lowest BCUT2D eigenvalue weighted by Gasteiger charge is -2.27. The van der Waals surface area contributed by atoms with Crippen LogP contribution in [0.4, 0.5) is 10.1 Å². The van der Waals surface area contributed by atoms with Crippen molar-refractivity contribution in [2.24, 2.45) is 0 Å². The van der Waals surface area contributed by atoms with Crippen molar-refractivity contribution < 1.29 is 9.50 Å². The van der Waals surface area contributed by atoms with Crippen molar-refractivity contribution in [3.8, 4) is 0 Å². The number of rotatable bonds is 2. The van der Waals surface area contributed by atoms with Crippen LogP contribution in [0.5, 0.6) is 0 Å². The summed E-state index contributed by atoms with van der Waals surface area (Å²) in [6.45, 7) is 7.93. The number of nitrogens with zero attached hydrogens (tertiary/aromatic N) is 1. The zero-order chi connectivity index (χ0) is 14.0. The lowest BCUT2D eigenvalue weighted by molar-refractivity contribution is 0.194. The number of halogens is 1. The molecule has 1 atom stereocenters. The van der Waals surface area contributed by atoms with E-state index in [-0.39, 0.29) is 10.6 Å². The third-order valence-corrected chi connectivity index (χ3v) is 5.00. The van der Waals surface area contributed by atoms with E-state index in [0.29, 0.717) is 5.56 Å². The molecule has 0 amide bonds. The van der Waals surface area contributed by atoms with Gasteiger partial charge in [0, 0.05) is 34.8 Å². The van der Waals surface area contributed by atoms with Crippen LogP contribution in [0.3, 0.4) is 0 Å². The third kappa shape index (κ3) is 3.42. The van der Waals surface area contributed by atoms with E-state index in [1.165, 1.54) is 6.07 Å². The Morgan fingerprint density at radius 1 is 1.37 bits per heavy atom. The van der Waals surface area contributed by atoms with Gasteiger partial charge in [-0.2, -0.15) is 11.8 Å². The first kappa shape index (κ1) is 14.7. The van der Waals surface area contributed by atoms with Gasteiger partial charge in [0.05, 0.1) is 6.10 Å². The summed E-state index contributed by atoms with van der Waals surface area (Å²) in [7, 11) is 0. The summed E-state index contributed by atoms with van der Waals surface area (Å²) in [5, 5.41) is 9.82. The van der Waals surface area contributed by atoms with Gasteiger partial charge in [-0.3, -0.25) is 0 Å². The van der Waals surface area contributed by atoms with E-state index in [9.17, 15) is 9.50 Å². The van der Waals surface area contributed by atoms with E-state index in [1.54, 1.807) is 13.0 Å². The summed E-state index contributed by atoms with van der Waals surface area (Å²) in [6.07, 6.45) is 0.285. The predicted octanol–water partition coefficient (Wildman–Crippen LogP) is 3.60. The van der Waals surface area contributed by atoms with Gasteiger partial charge in [-0.15, -0.1) is 0 Å². The third-order valence-electron chi connectivity index (χ3n) is 3.63. The van der Waals surface area contributed by atoms with Crippen LogP contribution in [-0.2, 0) is 0 Å². The second-order valence-electron chi connectivity index (χ2n) is 5.69. The van der Waals surface area contributed by atoms with Crippen molar-refractivity contribution in [3.05, 3.63) is 29.6 Å². The quantitative estimate of drug-likeness (QED) is 0.897. The van der Waals surface area contributed by atoms with Gasteiger partial charge in [-0.1, -0.05) is 19.9 Å². The van der Waals surface area contributed by atoms with Crippen LogP contribution in [0.1, 0.15) is 38.9 Å². The Kier molecular flexibility index (Phi) is 4.41. The molecule has 1 fully saturated rings. The first-order valence-electron chi connectivity index (χ1n) is 6.76. The molecule has 1 N–H and O–H groups in total. The number of anilines is 1. The van der Waals surface area contributed by atoms with E-state index >= 15 is 0 Å². The molecule has 1 aromatic carbocycles. The van der Waals surface area contributed by atoms with Gasteiger partial charge in [0.1, 0.15) is 5.82 Å². The van der Waals surface area contributed by atoms with Crippen LogP contribution < -0.4 is 4.90 Å². The Balaban J connectivity index is 2.29. The van der Waals surface area contributed by atoms with E-state index in [1.807, 2.05) is 17.8 Å². The molecular weight excluding hydrogens is 261 g/mol. The molecule has 0 radical (unpaired) electrons. The average Bonchev–Trinajstić information content (AvgIpc) is 2.49. The number of hydrogen-bond donors (Lipinski definition) is 1. The molecule has 0 saturated carbocycles. The van der Waals surface area contributed by atoms with E-state index in [2.05, 4.69) is 18.7 Å². The highest BCUT2D eigenvalue weighted by molar-refractivity contribution is 8.00. The minimum Gasteiger partial charge on any atom is -0.389 e. The first-order valence-corrected chi connectivity index (χ1v) is 7.75. The fourth-order valence-electron chi connectivity index (χ4n) is 2.48. The normalized spacial score (nSPS) is 21.0. The lowest BCUT2D eigenvalue weighted by atomic mass is 10.0. The molecule has 1 heterocycles. The van der Waals surface area contributed by atoms with Gasteiger partial charge >= 0.3 is 0 Å². The summed E-state index contributed by atoms with van der Waals surface area (Å²) in [5.74, 6) is 0.714. The molecule has 0 bridgehead atoms. The maximum Gasteiger partial charge on any atom is 0.131 e. The minimum atomic E-state index is -0.778. The number of aliphatic hydroxyl groups is 1. The fourth-order valence-corrected chi connectivity index (χ4v) is 3.58. The topological polar surface area (TPSA) is 23.5 Å². The fraction of sp³-hybridized carbons (Fsp3) is 0.600. The Hall–Kier alpha value is -0.740. The van der Waals surface area contributed by atoms with Crippen LogP contribution >= 0.6 is 11.8 Å². The highest BCUT2D eigenvalue weighted by atomic mass is 32.2. The Bertz CT molecular complexity index is 448. The Morgan fingerprint density at radius 3 is 2.79 bits per heavy atom. The summed E-state index contributed by atoms with van der Waals surface area (Å²) >= 11 is 1.96. The zero-order valence-corrected chi connectivity index (χ0v) is 12.6. The van der Waals surface area contributed by atoms with Crippen molar-refractivity contribution in [1.29, 1.82) is 0 Å². The number of thioether (sulfide) groups is 1. The van der Waals surface area contributed by atoms with Gasteiger partial charge in [-0.25, -0.2) is 4.39 Å². The van der Waals surface area contributed by atoms with Crippen LogP contribution in [0, 0.1) is 5.82 Å². The summed E-state index contributed by atoms with van der Waals surface area (Å²) in [4.78, 5) is 2.20. The van der Waals surface area contributed by atoms with Crippen molar-refractivity contribution in [1.82, 2.24) is 0 Å². The van der Waals surface area contributed by atoms with Crippen molar-refractivity contribution in [2.75, 3.05) is 23.7 Å². The summed E-state index contributed by atoms with van der Waals surface area (Å²) < 4.78 is 14.2. The molecule has 1 aliphatic rings. The Morgan fingerprint density at radius 2 is 2.11 bits per heavy atom. The van der Waals surface area contributed by atoms with Gasteiger partial charge in [0.15, 0.2) is 0 Å². The minimum absolute atomic E-state index is 0.271. The Labute approximate surface area is 119 Å². The number of benzene rings is 1. The van der Waals surface area contributed by atoms with Gasteiger partial charge in [-0.05, 0) is 25.5 Å². The van der Waals surface area contributed by atoms with Crippen LogP contribution in [0.15, 0.2) is 18.2 Å². The number of hydrogen-bond acceptors (Lipinski definition) is 3. The summed E-state index contributed by atoms with van der Waals surface area (Å²) in [6, 6.07) is 5.05. The highest BCUT2D eigenvalue weighted by Crippen LogP contribution is 2.35. The molecule has 2 nitrogen and oxygen atoms in total. The van der Waals surface area contributed by atoms with Crippen LogP contribution in [0.25, 0.3) is 0 Å². The molecular formula is C15H22FNOS. The molecule has 1 aliphatic heterocycles. The molecule has 4 heteroatoms. The van der Waals surface area contributed by atoms with E-state index in [0.717, 1.165) is 31.0 Å². The van der Waals surface area contributed by atoms with Gasteiger partial charge in [0.25, 0.3) is 0 Å². The molecule has 0 aromatic heterocycles. The molecule has 1 aromatic rings. The van der Waals surface area contributed by atoms with Crippen molar-refractivity contribution in [3.63, 3.8) is 0 Å². The second kappa shape index (κ2) is 5.71. The molecule has 2 rings (SSSR count). The molecule has 106 valence electrons. The number of aliphatic hydroxyl groups excluding tert-OH is 1. The highest BCUT2D eigenvalue weighted by Gasteiger charge is 2.26.